The third kappa shape index (κ3) is 2.25. The lowest BCUT2D eigenvalue weighted by Crippen LogP contribution is -2.37. The highest BCUT2D eigenvalue weighted by molar-refractivity contribution is 5.94. The monoisotopic (exact) mass is 268 g/mol. The van der Waals surface area contributed by atoms with E-state index in [1.54, 1.807) is 22.9 Å². The van der Waals surface area contributed by atoms with Crippen molar-refractivity contribution in [3.8, 4) is 0 Å². The van der Waals surface area contributed by atoms with Gasteiger partial charge in [-0.15, -0.1) is 0 Å². The Bertz CT molecular complexity index is 645. The number of fused-ring (bicyclic) bond motifs is 1. The lowest BCUT2D eigenvalue weighted by molar-refractivity contribution is -0.119. The van der Waals surface area contributed by atoms with Gasteiger partial charge in [0.05, 0.1) is 5.69 Å². The van der Waals surface area contributed by atoms with E-state index in [0.717, 1.165) is 31.4 Å². The van der Waals surface area contributed by atoms with Crippen molar-refractivity contribution in [2.75, 3.05) is 11.4 Å². The van der Waals surface area contributed by atoms with Crippen molar-refractivity contribution >= 4 is 17.9 Å². The molecule has 0 atom stereocenters. The highest BCUT2D eigenvalue weighted by atomic mass is 16.2. The number of anilines is 1. The minimum atomic E-state index is 0.0245. The van der Waals surface area contributed by atoms with Gasteiger partial charge in [0.25, 0.3) is 0 Å². The molecule has 2 heterocycles. The Morgan fingerprint density at radius 1 is 1.20 bits per heavy atom. The Hall–Kier alpha value is -2.36. The van der Waals surface area contributed by atoms with Crippen LogP contribution in [0.5, 0.6) is 0 Å². The van der Waals surface area contributed by atoms with E-state index in [4.69, 9.17) is 0 Å². The smallest absolute Gasteiger partial charge is 0.246 e. The maximum Gasteiger partial charge on any atom is 0.246 e. The Morgan fingerprint density at radius 2 is 2.05 bits per heavy atom. The molecule has 1 aliphatic rings. The van der Waals surface area contributed by atoms with Crippen LogP contribution in [0.4, 0.5) is 5.69 Å². The number of para-hydroxylation sites is 1. The third-order valence-electron chi connectivity index (χ3n) is 3.70. The first-order valence-corrected chi connectivity index (χ1v) is 6.78. The van der Waals surface area contributed by atoms with Gasteiger partial charge in [-0.2, -0.15) is 0 Å². The summed E-state index contributed by atoms with van der Waals surface area (Å²) in [5.41, 5.74) is 2.75. The van der Waals surface area contributed by atoms with Gasteiger partial charge in [-0.05, 0) is 36.6 Å². The number of aryl methyl sites for hydroxylation is 1. The number of rotatable bonds is 3. The summed E-state index contributed by atoms with van der Waals surface area (Å²) in [5.74, 6) is 0.0245. The minimum absolute atomic E-state index is 0.0245. The van der Waals surface area contributed by atoms with Crippen molar-refractivity contribution < 1.29 is 9.59 Å². The summed E-state index contributed by atoms with van der Waals surface area (Å²) in [6.45, 7) is 0.947. The molecular formula is C16H16N2O2. The lowest BCUT2D eigenvalue weighted by Gasteiger charge is -2.29. The fourth-order valence-corrected chi connectivity index (χ4v) is 2.70. The summed E-state index contributed by atoms with van der Waals surface area (Å²) >= 11 is 0. The van der Waals surface area contributed by atoms with Gasteiger partial charge in [-0.1, -0.05) is 18.2 Å². The first-order valence-electron chi connectivity index (χ1n) is 6.78. The minimum Gasteiger partial charge on any atom is -0.336 e. The molecule has 0 N–H and O–H groups in total. The zero-order chi connectivity index (χ0) is 13.9. The molecule has 0 aliphatic carbocycles. The number of benzene rings is 1. The van der Waals surface area contributed by atoms with Crippen molar-refractivity contribution in [1.82, 2.24) is 4.57 Å². The highest BCUT2D eigenvalue weighted by Crippen LogP contribution is 2.26. The molecule has 0 saturated carbocycles. The molecular weight excluding hydrogens is 252 g/mol. The normalized spacial score (nSPS) is 13.9. The van der Waals surface area contributed by atoms with E-state index in [2.05, 4.69) is 6.07 Å². The molecule has 0 unspecified atom stereocenters. The Labute approximate surface area is 117 Å². The molecule has 2 aromatic rings. The first-order chi connectivity index (χ1) is 9.79. The van der Waals surface area contributed by atoms with Crippen LogP contribution in [-0.2, 0) is 17.8 Å². The summed E-state index contributed by atoms with van der Waals surface area (Å²) in [6, 6.07) is 11.5. The number of nitrogens with zero attached hydrogens (tertiary/aromatic N) is 2. The summed E-state index contributed by atoms with van der Waals surface area (Å²) in [5, 5.41) is 0. The fourth-order valence-electron chi connectivity index (χ4n) is 2.70. The molecule has 3 rings (SSSR count). The second-order valence-corrected chi connectivity index (χ2v) is 4.96. The number of aldehydes is 1. The number of carbonyl (C=O) groups excluding carboxylic acids is 2. The van der Waals surface area contributed by atoms with Crippen LogP contribution in [0.1, 0.15) is 22.5 Å². The van der Waals surface area contributed by atoms with E-state index in [1.807, 2.05) is 23.1 Å². The van der Waals surface area contributed by atoms with E-state index in [9.17, 15) is 9.59 Å². The quantitative estimate of drug-likeness (QED) is 0.801. The Kier molecular flexibility index (Phi) is 3.37. The van der Waals surface area contributed by atoms with Crippen LogP contribution in [0.2, 0.25) is 0 Å². The summed E-state index contributed by atoms with van der Waals surface area (Å²) in [7, 11) is 0. The van der Waals surface area contributed by atoms with E-state index in [-0.39, 0.29) is 12.5 Å². The van der Waals surface area contributed by atoms with Gasteiger partial charge < -0.3 is 9.47 Å². The summed E-state index contributed by atoms with van der Waals surface area (Å²) in [4.78, 5) is 25.2. The molecule has 0 spiro atoms. The topological polar surface area (TPSA) is 42.3 Å². The van der Waals surface area contributed by atoms with Gasteiger partial charge in [0, 0.05) is 18.4 Å². The molecule has 102 valence electrons. The Morgan fingerprint density at radius 3 is 2.90 bits per heavy atom. The predicted molar refractivity (Wildman–Crippen MR) is 76.9 cm³/mol. The number of amides is 1. The average Bonchev–Trinajstić information content (AvgIpc) is 2.93. The molecule has 20 heavy (non-hydrogen) atoms. The van der Waals surface area contributed by atoms with Crippen LogP contribution in [0.3, 0.4) is 0 Å². The lowest BCUT2D eigenvalue weighted by atomic mass is 10.0. The number of hydrogen-bond donors (Lipinski definition) is 0. The standard InChI is InChI=1S/C16H16N2O2/c19-12-14-7-4-9-17(14)11-16(20)18-10-3-6-13-5-1-2-8-15(13)18/h1-2,4-5,7-9,12H,3,6,10-11H2. The molecule has 1 aromatic carbocycles. The van der Waals surface area contributed by atoms with Crippen molar-refractivity contribution in [3.05, 3.63) is 53.9 Å². The first kappa shape index (κ1) is 12.7. The van der Waals surface area contributed by atoms with E-state index in [0.29, 0.717) is 5.69 Å². The van der Waals surface area contributed by atoms with Crippen LogP contribution in [0, 0.1) is 0 Å². The molecule has 4 nitrogen and oxygen atoms in total. The van der Waals surface area contributed by atoms with Gasteiger partial charge in [-0.3, -0.25) is 9.59 Å². The maximum atomic E-state index is 12.5. The third-order valence-corrected chi connectivity index (χ3v) is 3.70. The van der Waals surface area contributed by atoms with Gasteiger partial charge in [-0.25, -0.2) is 0 Å². The van der Waals surface area contributed by atoms with Crippen LogP contribution in [0.15, 0.2) is 42.6 Å². The van der Waals surface area contributed by atoms with Crippen molar-refractivity contribution in [2.24, 2.45) is 0 Å². The molecule has 1 amide bonds. The van der Waals surface area contributed by atoms with Crippen LogP contribution >= 0.6 is 0 Å². The Balaban J connectivity index is 1.84. The molecule has 1 aromatic heterocycles. The second kappa shape index (κ2) is 5.33. The molecule has 0 saturated heterocycles. The SMILES string of the molecule is O=Cc1cccn1CC(=O)N1CCCc2ccccc21. The molecule has 0 bridgehead atoms. The van der Waals surface area contributed by atoms with Crippen molar-refractivity contribution in [3.63, 3.8) is 0 Å². The molecule has 4 heteroatoms. The summed E-state index contributed by atoms with van der Waals surface area (Å²) < 4.78 is 1.69. The van der Waals surface area contributed by atoms with Crippen LogP contribution in [-0.4, -0.2) is 23.3 Å². The highest BCUT2D eigenvalue weighted by Gasteiger charge is 2.22. The van der Waals surface area contributed by atoms with Gasteiger partial charge in [0.1, 0.15) is 6.54 Å². The van der Waals surface area contributed by atoms with Gasteiger partial charge >= 0.3 is 0 Å². The molecule has 1 aliphatic heterocycles. The van der Waals surface area contributed by atoms with Crippen LogP contribution in [0.25, 0.3) is 0 Å². The molecule has 0 radical (unpaired) electrons. The number of aromatic nitrogens is 1. The van der Waals surface area contributed by atoms with E-state index >= 15 is 0 Å². The average molecular weight is 268 g/mol. The largest absolute Gasteiger partial charge is 0.336 e. The summed E-state index contributed by atoms with van der Waals surface area (Å²) in [6.07, 6.45) is 4.53. The maximum absolute atomic E-state index is 12.5. The van der Waals surface area contributed by atoms with Crippen molar-refractivity contribution in [1.29, 1.82) is 0 Å². The molecule has 0 fully saturated rings. The fraction of sp³-hybridized carbons (Fsp3) is 0.250. The van der Waals surface area contributed by atoms with E-state index in [1.165, 1.54) is 5.56 Å². The predicted octanol–water partition coefficient (Wildman–Crippen LogP) is 2.28. The van der Waals surface area contributed by atoms with Gasteiger partial charge in [0.2, 0.25) is 5.91 Å². The number of hydrogen-bond acceptors (Lipinski definition) is 2. The zero-order valence-electron chi connectivity index (χ0n) is 11.2. The zero-order valence-corrected chi connectivity index (χ0v) is 11.2. The van der Waals surface area contributed by atoms with Gasteiger partial charge in [0.15, 0.2) is 6.29 Å². The second-order valence-electron chi connectivity index (χ2n) is 4.96. The van der Waals surface area contributed by atoms with E-state index < -0.39 is 0 Å². The van der Waals surface area contributed by atoms with Crippen molar-refractivity contribution in [2.45, 2.75) is 19.4 Å². The number of carbonyl (C=O) groups is 2. The van der Waals surface area contributed by atoms with Crippen LogP contribution < -0.4 is 4.90 Å².